The van der Waals surface area contributed by atoms with Crippen molar-refractivity contribution in [1.29, 1.82) is 0 Å². The molecule has 0 saturated heterocycles. The smallest absolute Gasteiger partial charge is 0.325 e. The number of pyridine rings is 1. The van der Waals surface area contributed by atoms with Crippen LogP contribution in [0, 0.1) is 5.95 Å². The molecule has 0 saturated carbocycles. The number of rotatable bonds is 5. The molecule has 10 heteroatoms. The van der Waals surface area contributed by atoms with Gasteiger partial charge in [-0.1, -0.05) is 6.07 Å². The summed E-state index contributed by atoms with van der Waals surface area (Å²) >= 11 is 0. The molecule has 0 unspecified atom stereocenters. The average molecular weight is 300 g/mol. The molecule has 0 aliphatic rings. The highest BCUT2D eigenvalue weighted by Gasteiger charge is 2.18. The van der Waals surface area contributed by atoms with E-state index in [4.69, 9.17) is 5.11 Å². The van der Waals surface area contributed by atoms with Gasteiger partial charge >= 0.3 is 5.97 Å². The normalized spacial score (nSPS) is 11.2. The van der Waals surface area contributed by atoms with Crippen molar-refractivity contribution in [3.63, 3.8) is 0 Å². The van der Waals surface area contributed by atoms with Gasteiger partial charge in [-0.3, -0.25) is 14.2 Å². The summed E-state index contributed by atoms with van der Waals surface area (Å²) in [6.45, 7) is -0.465. The van der Waals surface area contributed by atoms with Crippen molar-refractivity contribution < 1.29 is 22.7 Å². The number of aliphatic carboxylic acids is 1. The predicted octanol–water partition coefficient (Wildman–Crippen LogP) is 0.303. The number of hydrogen-bond acceptors (Lipinski definition) is 5. The Morgan fingerprint density at radius 1 is 1.45 bits per heavy atom. The molecule has 0 aliphatic heterocycles. The molecule has 0 aliphatic carbocycles. The molecule has 106 valence electrons. The van der Waals surface area contributed by atoms with Crippen molar-refractivity contribution in [1.82, 2.24) is 14.8 Å². The van der Waals surface area contributed by atoms with Gasteiger partial charge in [0, 0.05) is 6.20 Å². The van der Waals surface area contributed by atoms with Crippen LogP contribution in [0.25, 0.3) is 0 Å². The van der Waals surface area contributed by atoms with E-state index in [0.717, 1.165) is 23.1 Å². The number of nitrogens with zero attached hydrogens (tertiary/aromatic N) is 3. The summed E-state index contributed by atoms with van der Waals surface area (Å²) < 4.78 is 39.8. The Labute approximate surface area is 112 Å². The number of carboxylic acids is 1. The first-order valence-corrected chi connectivity index (χ1v) is 6.75. The van der Waals surface area contributed by atoms with E-state index in [1.165, 1.54) is 12.1 Å². The van der Waals surface area contributed by atoms with Gasteiger partial charge in [0.15, 0.2) is 0 Å². The molecule has 0 atom stereocenters. The minimum atomic E-state index is -4.00. The van der Waals surface area contributed by atoms with Gasteiger partial charge in [-0.25, -0.2) is 13.4 Å². The van der Waals surface area contributed by atoms with Gasteiger partial charge < -0.3 is 5.11 Å². The highest BCUT2D eigenvalue weighted by Crippen LogP contribution is 2.13. The Balaban J connectivity index is 2.22. The third kappa shape index (κ3) is 3.29. The van der Waals surface area contributed by atoms with E-state index in [0.29, 0.717) is 0 Å². The molecule has 0 aromatic carbocycles. The first kappa shape index (κ1) is 13.9. The van der Waals surface area contributed by atoms with Crippen molar-refractivity contribution in [3.8, 4) is 0 Å². The molecular formula is C10H9FN4O4S. The van der Waals surface area contributed by atoms with Crippen LogP contribution in [0.4, 0.5) is 10.2 Å². The van der Waals surface area contributed by atoms with E-state index >= 15 is 0 Å². The second-order valence-electron chi connectivity index (χ2n) is 3.72. The zero-order valence-corrected chi connectivity index (χ0v) is 10.7. The molecule has 20 heavy (non-hydrogen) atoms. The summed E-state index contributed by atoms with van der Waals surface area (Å²) in [5.41, 5.74) is 0. The molecule has 2 heterocycles. The molecule has 2 rings (SSSR count). The molecule has 8 nitrogen and oxygen atoms in total. The van der Waals surface area contributed by atoms with Gasteiger partial charge in [0.2, 0.25) is 5.95 Å². The van der Waals surface area contributed by atoms with Crippen molar-refractivity contribution in [2.75, 3.05) is 4.72 Å². The maximum absolute atomic E-state index is 12.9. The van der Waals surface area contributed by atoms with Crippen LogP contribution >= 0.6 is 0 Å². The molecule has 0 fully saturated rings. The van der Waals surface area contributed by atoms with Crippen LogP contribution < -0.4 is 4.72 Å². The van der Waals surface area contributed by atoms with Crippen LogP contribution in [-0.4, -0.2) is 34.3 Å². The summed E-state index contributed by atoms with van der Waals surface area (Å²) in [5.74, 6) is -2.17. The number of hydrogen-bond donors (Lipinski definition) is 2. The first-order chi connectivity index (χ1) is 9.37. The molecule has 2 aromatic rings. The first-order valence-electron chi connectivity index (χ1n) is 5.26. The Hall–Kier alpha value is -2.49. The molecular weight excluding hydrogens is 291 g/mol. The monoisotopic (exact) mass is 300 g/mol. The molecule has 2 aromatic heterocycles. The van der Waals surface area contributed by atoms with E-state index in [2.05, 4.69) is 14.8 Å². The largest absolute Gasteiger partial charge is 0.480 e. The summed E-state index contributed by atoms with van der Waals surface area (Å²) in [5, 5.41) is 12.2. The zero-order valence-electron chi connectivity index (χ0n) is 9.89. The van der Waals surface area contributed by atoms with Crippen molar-refractivity contribution in [3.05, 3.63) is 36.5 Å². The standard InChI is InChI=1S/C10H9FN4O4S/c11-8-2-1-3-9(13-8)14-20(18,19)7-4-12-15(5-7)6-10(16)17/h1-5H,6H2,(H,13,14)(H,16,17). The predicted molar refractivity (Wildman–Crippen MR) is 64.9 cm³/mol. The van der Waals surface area contributed by atoms with Gasteiger partial charge in [0.05, 0.1) is 6.20 Å². The number of anilines is 1. The number of halogens is 1. The second-order valence-corrected chi connectivity index (χ2v) is 5.40. The quantitative estimate of drug-likeness (QED) is 0.768. The van der Waals surface area contributed by atoms with E-state index in [9.17, 15) is 17.6 Å². The SMILES string of the molecule is O=C(O)Cn1cc(S(=O)(=O)Nc2cccc(F)n2)cn1. The lowest BCUT2D eigenvalue weighted by Gasteiger charge is -2.04. The Bertz CT molecular complexity index is 743. The summed E-state index contributed by atoms with van der Waals surface area (Å²) in [6, 6.07) is 3.65. The van der Waals surface area contributed by atoms with Crippen molar-refractivity contribution >= 4 is 21.8 Å². The second kappa shape index (κ2) is 5.25. The van der Waals surface area contributed by atoms with E-state index in [1.54, 1.807) is 0 Å². The summed E-state index contributed by atoms with van der Waals surface area (Å²) in [4.78, 5) is 13.6. The van der Waals surface area contributed by atoms with Gasteiger partial charge in [0.1, 0.15) is 17.3 Å². The van der Waals surface area contributed by atoms with Crippen LogP contribution in [0.15, 0.2) is 35.5 Å². The zero-order chi connectivity index (χ0) is 14.8. The van der Waals surface area contributed by atoms with Crippen LogP contribution in [0.2, 0.25) is 0 Å². The lowest BCUT2D eigenvalue weighted by atomic mass is 10.5. The fraction of sp³-hybridized carbons (Fsp3) is 0.100. The third-order valence-electron chi connectivity index (χ3n) is 2.17. The number of aromatic nitrogens is 3. The number of carboxylic acid groups (broad SMARTS) is 1. The minimum absolute atomic E-state index is 0.184. The summed E-state index contributed by atoms with van der Waals surface area (Å²) in [6.07, 6.45) is 2.04. The maximum Gasteiger partial charge on any atom is 0.325 e. The number of sulfonamides is 1. The lowest BCUT2D eigenvalue weighted by molar-refractivity contribution is -0.137. The van der Waals surface area contributed by atoms with Gasteiger partial charge in [0.25, 0.3) is 10.0 Å². The van der Waals surface area contributed by atoms with Gasteiger partial charge in [-0.15, -0.1) is 0 Å². The van der Waals surface area contributed by atoms with Gasteiger partial charge in [-0.2, -0.15) is 9.49 Å². The third-order valence-corrected chi connectivity index (χ3v) is 3.48. The molecule has 0 radical (unpaired) electrons. The lowest BCUT2D eigenvalue weighted by Crippen LogP contribution is -2.14. The van der Waals surface area contributed by atoms with Gasteiger partial charge in [-0.05, 0) is 12.1 Å². The van der Waals surface area contributed by atoms with Crippen molar-refractivity contribution in [2.45, 2.75) is 11.4 Å². The molecule has 0 bridgehead atoms. The molecule has 2 N–H and O–H groups in total. The average Bonchev–Trinajstić information content (AvgIpc) is 2.76. The molecule has 0 amide bonds. The van der Waals surface area contributed by atoms with E-state index in [-0.39, 0.29) is 10.7 Å². The van der Waals surface area contributed by atoms with Crippen molar-refractivity contribution in [2.24, 2.45) is 0 Å². The number of nitrogens with one attached hydrogen (secondary N) is 1. The highest BCUT2D eigenvalue weighted by molar-refractivity contribution is 7.92. The fourth-order valence-electron chi connectivity index (χ4n) is 1.37. The highest BCUT2D eigenvalue weighted by atomic mass is 32.2. The summed E-state index contributed by atoms with van der Waals surface area (Å²) in [7, 11) is -4.00. The van der Waals surface area contributed by atoms with E-state index in [1.807, 2.05) is 0 Å². The maximum atomic E-state index is 12.9. The fourth-order valence-corrected chi connectivity index (χ4v) is 2.32. The Morgan fingerprint density at radius 2 is 2.20 bits per heavy atom. The molecule has 0 spiro atoms. The topological polar surface area (TPSA) is 114 Å². The number of carbonyl (C=O) groups is 1. The van der Waals surface area contributed by atoms with Crippen LogP contribution in [-0.2, 0) is 21.4 Å². The van der Waals surface area contributed by atoms with Crippen LogP contribution in [0.1, 0.15) is 0 Å². The van der Waals surface area contributed by atoms with Crippen LogP contribution in [0.3, 0.4) is 0 Å². The van der Waals surface area contributed by atoms with Crippen LogP contribution in [0.5, 0.6) is 0 Å². The van der Waals surface area contributed by atoms with E-state index < -0.39 is 28.5 Å². The Morgan fingerprint density at radius 3 is 2.85 bits per heavy atom. The minimum Gasteiger partial charge on any atom is -0.480 e. The Kier molecular flexibility index (Phi) is 3.66.